The van der Waals surface area contributed by atoms with Gasteiger partial charge in [0.15, 0.2) is 5.72 Å². The van der Waals surface area contributed by atoms with Gasteiger partial charge in [-0.3, -0.25) is 14.6 Å². The van der Waals surface area contributed by atoms with Crippen LogP contribution in [0.2, 0.25) is 0 Å². The molecule has 41 heavy (non-hydrogen) atoms. The normalized spacial score (nSPS) is 16.1. The summed E-state index contributed by atoms with van der Waals surface area (Å²) in [4.78, 5) is 43.3. The number of rotatable bonds is 5. The molecular formula is C27H23F3N4O7. The molecule has 3 aromatic carbocycles. The van der Waals surface area contributed by atoms with Gasteiger partial charge in [-0.05, 0) is 35.9 Å². The quantitative estimate of drug-likeness (QED) is 0.278. The van der Waals surface area contributed by atoms with E-state index in [1.165, 1.54) is 11.9 Å². The van der Waals surface area contributed by atoms with Crippen LogP contribution < -0.4 is 9.64 Å². The Morgan fingerprint density at radius 3 is 2.29 bits per heavy atom. The first kappa shape index (κ1) is 28.9. The highest BCUT2D eigenvalue weighted by Crippen LogP contribution is 2.43. The zero-order valence-corrected chi connectivity index (χ0v) is 21.5. The largest absolute Gasteiger partial charge is 0.497 e. The van der Waals surface area contributed by atoms with Crippen LogP contribution in [0.5, 0.6) is 5.75 Å². The number of aromatic nitrogens is 2. The number of nitrogens with one attached hydrogen (secondary N) is 1. The molecule has 1 aliphatic heterocycles. The van der Waals surface area contributed by atoms with Crippen molar-refractivity contribution >= 4 is 35.0 Å². The lowest BCUT2D eigenvalue weighted by Crippen LogP contribution is -2.44. The number of carboxylic acid groups (broad SMARTS) is 2. The Morgan fingerprint density at radius 1 is 1.07 bits per heavy atom. The lowest BCUT2D eigenvalue weighted by atomic mass is 9.93. The first-order valence-electron chi connectivity index (χ1n) is 11.8. The average Bonchev–Trinajstić information content (AvgIpc) is 3.46. The summed E-state index contributed by atoms with van der Waals surface area (Å²) in [6.07, 6.45) is -6.24. The predicted octanol–water partition coefficient (Wildman–Crippen LogP) is 4.17. The van der Waals surface area contributed by atoms with E-state index in [1.54, 1.807) is 61.7 Å². The van der Waals surface area contributed by atoms with Crippen LogP contribution in [-0.4, -0.2) is 68.5 Å². The molecule has 1 unspecified atom stereocenters. The van der Waals surface area contributed by atoms with Gasteiger partial charge in [0.05, 0.1) is 18.1 Å². The van der Waals surface area contributed by atoms with Crippen LogP contribution in [0.1, 0.15) is 27.0 Å². The van der Waals surface area contributed by atoms with E-state index in [4.69, 9.17) is 14.6 Å². The van der Waals surface area contributed by atoms with Crippen LogP contribution in [0.3, 0.4) is 0 Å². The number of halogens is 3. The molecule has 0 bridgehead atoms. The third kappa shape index (κ3) is 5.49. The van der Waals surface area contributed by atoms with Crippen molar-refractivity contribution in [3.8, 4) is 5.75 Å². The summed E-state index contributed by atoms with van der Waals surface area (Å²) in [6, 6.07) is 19.4. The molecular weight excluding hydrogens is 549 g/mol. The van der Waals surface area contributed by atoms with Crippen molar-refractivity contribution in [2.75, 3.05) is 19.1 Å². The van der Waals surface area contributed by atoms with E-state index >= 15 is 0 Å². The Hall–Kier alpha value is -5.11. The second-order valence-corrected chi connectivity index (χ2v) is 8.89. The third-order valence-corrected chi connectivity index (χ3v) is 6.39. The number of aliphatic hydroxyl groups is 1. The number of aliphatic carboxylic acids is 1. The Bertz CT molecular complexity index is 1620. The van der Waals surface area contributed by atoms with Gasteiger partial charge in [-0.15, -0.1) is 0 Å². The second kappa shape index (κ2) is 10.8. The molecule has 214 valence electrons. The minimum Gasteiger partial charge on any atom is -0.497 e. The lowest BCUT2D eigenvalue weighted by molar-refractivity contribution is -0.192. The van der Waals surface area contributed by atoms with E-state index in [-0.39, 0.29) is 18.4 Å². The summed E-state index contributed by atoms with van der Waals surface area (Å²) in [5.74, 6) is -2.19. The van der Waals surface area contributed by atoms with E-state index in [2.05, 4.69) is 9.97 Å². The predicted molar refractivity (Wildman–Crippen MR) is 139 cm³/mol. The lowest BCUT2D eigenvalue weighted by Gasteiger charge is -2.35. The molecule has 0 aliphatic carbocycles. The first-order valence-corrected chi connectivity index (χ1v) is 11.8. The molecule has 4 N–H and O–H groups in total. The molecule has 1 aromatic heterocycles. The number of alkyl halides is 3. The molecule has 1 aliphatic rings. The van der Waals surface area contributed by atoms with Crippen LogP contribution in [0.25, 0.3) is 11.0 Å². The van der Waals surface area contributed by atoms with Crippen molar-refractivity contribution in [1.29, 1.82) is 0 Å². The molecule has 0 fully saturated rings. The SMILES string of the molecule is COc1ccc(CN2C(=O)c3ccccc3C2(O)c2ccc3nc(N(C)C(=O)O)[nH]c3c2)cc1.O=C(O)C(F)(F)F. The zero-order valence-electron chi connectivity index (χ0n) is 21.5. The van der Waals surface area contributed by atoms with Crippen LogP contribution >= 0.6 is 0 Å². The van der Waals surface area contributed by atoms with Gasteiger partial charge in [0.2, 0.25) is 5.95 Å². The van der Waals surface area contributed by atoms with Crippen molar-refractivity contribution < 1.29 is 47.6 Å². The number of amides is 2. The maximum absolute atomic E-state index is 13.4. The number of carbonyl (C=O) groups excluding carboxylic acids is 1. The van der Waals surface area contributed by atoms with Gasteiger partial charge in [-0.25, -0.2) is 14.6 Å². The number of fused-ring (bicyclic) bond motifs is 2. The molecule has 0 saturated carbocycles. The summed E-state index contributed by atoms with van der Waals surface area (Å²) in [5.41, 5.74) is 1.54. The minimum atomic E-state index is -5.08. The van der Waals surface area contributed by atoms with E-state index in [0.717, 1.165) is 10.5 Å². The van der Waals surface area contributed by atoms with Crippen molar-refractivity contribution in [2.45, 2.75) is 18.4 Å². The van der Waals surface area contributed by atoms with Gasteiger partial charge in [-0.2, -0.15) is 13.2 Å². The number of aromatic amines is 1. The van der Waals surface area contributed by atoms with E-state index in [1.807, 2.05) is 12.1 Å². The zero-order chi connectivity index (χ0) is 30.1. The highest BCUT2D eigenvalue weighted by Gasteiger charge is 2.49. The number of methoxy groups -OCH3 is 1. The third-order valence-electron chi connectivity index (χ3n) is 6.39. The summed E-state index contributed by atoms with van der Waals surface area (Å²) in [5, 5.41) is 28.5. The van der Waals surface area contributed by atoms with E-state index < -0.39 is 24.0 Å². The van der Waals surface area contributed by atoms with Crippen molar-refractivity contribution in [3.05, 3.63) is 89.0 Å². The molecule has 1 atom stereocenters. The van der Waals surface area contributed by atoms with Gasteiger partial charge in [0.1, 0.15) is 5.75 Å². The summed E-state index contributed by atoms with van der Waals surface area (Å²) >= 11 is 0. The molecule has 4 aromatic rings. The highest BCUT2D eigenvalue weighted by molar-refractivity contribution is 6.00. The number of carboxylic acids is 1. The molecule has 0 spiro atoms. The van der Waals surface area contributed by atoms with E-state index in [9.17, 15) is 33.0 Å². The standard InChI is InChI=1S/C25H22N4O5.C2HF3O2/c1-28(24(31)32)23-26-20-12-9-16(13-21(20)27-23)25(33)19-6-4-3-5-18(19)22(30)29(25)14-15-7-10-17(34-2)11-8-15;3-2(4,5)1(6)7/h3-13,33H,14H2,1-2H3,(H,26,27)(H,31,32);(H,6,7). The maximum Gasteiger partial charge on any atom is 0.490 e. The van der Waals surface area contributed by atoms with Crippen molar-refractivity contribution in [1.82, 2.24) is 14.9 Å². The maximum atomic E-state index is 13.4. The number of H-pyrrole nitrogens is 1. The number of benzene rings is 3. The number of anilines is 1. The second-order valence-electron chi connectivity index (χ2n) is 8.89. The first-order chi connectivity index (χ1) is 19.3. The molecule has 5 rings (SSSR count). The smallest absolute Gasteiger partial charge is 0.490 e. The van der Waals surface area contributed by atoms with Crippen LogP contribution in [-0.2, 0) is 17.1 Å². The molecule has 14 heteroatoms. The van der Waals surface area contributed by atoms with Gasteiger partial charge in [-0.1, -0.05) is 36.4 Å². The Balaban J connectivity index is 0.000000493. The minimum absolute atomic E-state index is 0.157. The topological polar surface area (TPSA) is 156 Å². The van der Waals surface area contributed by atoms with E-state index in [0.29, 0.717) is 33.5 Å². The number of hydrogen-bond donors (Lipinski definition) is 4. The summed E-state index contributed by atoms with van der Waals surface area (Å²) < 4.78 is 37.0. The average molecular weight is 572 g/mol. The highest BCUT2D eigenvalue weighted by atomic mass is 19.4. The molecule has 2 heterocycles. The van der Waals surface area contributed by atoms with Crippen LogP contribution in [0, 0.1) is 0 Å². The van der Waals surface area contributed by atoms with Crippen molar-refractivity contribution in [3.63, 3.8) is 0 Å². The molecule has 11 nitrogen and oxygen atoms in total. The number of hydrogen-bond acceptors (Lipinski definition) is 6. The fraction of sp³-hybridized carbons (Fsp3) is 0.185. The van der Waals surface area contributed by atoms with Gasteiger partial charge in [0, 0.05) is 30.3 Å². The Morgan fingerprint density at radius 2 is 1.71 bits per heavy atom. The van der Waals surface area contributed by atoms with Crippen LogP contribution in [0.4, 0.5) is 23.9 Å². The van der Waals surface area contributed by atoms with Crippen LogP contribution in [0.15, 0.2) is 66.7 Å². The van der Waals surface area contributed by atoms with Gasteiger partial charge < -0.3 is 25.0 Å². The fourth-order valence-corrected chi connectivity index (χ4v) is 4.28. The van der Waals surface area contributed by atoms with Gasteiger partial charge >= 0.3 is 18.2 Å². The molecule has 0 radical (unpaired) electrons. The fourth-order valence-electron chi connectivity index (χ4n) is 4.28. The monoisotopic (exact) mass is 572 g/mol. The Labute approximate surface area is 230 Å². The van der Waals surface area contributed by atoms with Gasteiger partial charge in [0.25, 0.3) is 5.91 Å². The number of nitrogens with zero attached hydrogens (tertiary/aromatic N) is 3. The van der Waals surface area contributed by atoms with Crippen molar-refractivity contribution in [2.24, 2.45) is 0 Å². The molecule has 0 saturated heterocycles. The summed E-state index contributed by atoms with van der Waals surface area (Å²) in [7, 11) is 2.97. The summed E-state index contributed by atoms with van der Waals surface area (Å²) in [6.45, 7) is 0.169. The Kier molecular flexibility index (Phi) is 7.61. The number of ether oxygens (including phenoxy) is 1. The number of imidazole rings is 1. The number of carbonyl (C=O) groups is 3. The molecule has 2 amide bonds.